The minimum atomic E-state index is -0.607. The van der Waals surface area contributed by atoms with E-state index < -0.39 is 6.10 Å². The van der Waals surface area contributed by atoms with E-state index in [1.54, 1.807) is 26.2 Å². The van der Waals surface area contributed by atoms with E-state index in [0.29, 0.717) is 10.8 Å². The normalized spacial score (nSPS) is 13.0. The maximum absolute atomic E-state index is 12.6. The summed E-state index contributed by atoms with van der Waals surface area (Å²) in [5.41, 5.74) is 3.00. The molecule has 0 unspecified atom stereocenters. The lowest BCUT2D eigenvalue weighted by Gasteiger charge is -2.22. The summed E-state index contributed by atoms with van der Waals surface area (Å²) < 4.78 is 11.1. The third kappa shape index (κ3) is 4.92. The second kappa shape index (κ2) is 8.95. The number of amides is 1. The number of rotatable bonds is 7. The molecule has 0 saturated heterocycles. The summed E-state index contributed by atoms with van der Waals surface area (Å²) in [6.07, 6.45) is 0.175. The largest absolute Gasteiger partial charge is 0.496 e. The lowest BCUT2D eigenvalue weighted by atomic mass is 10.0. The summed E-state index contributed by atoms with van der Waals surface area (Å²) >= 11 is 6.03. The van der Waals surface area contributed by atoms with Gasteiger partial charge in [0.25, 0.3) is 5.91 Å². The van der Waals surface area contributed by atoms with Crippen LogP contribution in [0.4, 0.5) is 0 Å². The third-order valence-electron chi connectivity index (χ3n) is 4.36. The summed E-state index contributed by atoms with van der Waals surface area (Å²) in [5.74, 6) is 1.31. The van der Waals surface area contributed by atoms with Crippen molar-refractivity contribution in [1.82, 2.24) is 5.32 Å². The van der Waals surface area contributed by atoms with Crippen LogP contribution < -0.4 is 14.8 Å². The van der Waals surface area contributed by atoms with E-state index in [9.17, 15) is 4.79 Å². The zero-order chi connectivity index (χ0) is 19.3. The SMILES string of the molecule is CC[C@H](NC(=O)[C@@H](C)Oc1ccc(Cl)c(C)c1)c1ccc(OC)c(C)c1. The van der Waals surface area contributed by atoms with E-state index in [0.717, 1.165) is 28.9 Å². The summed E-state index contributed by atoms with van der Waals surface area (Å²) in [5, 5.41) is 3.74. The Kier molecular flexibility index (Phi) is 6.92. The van der Waals surface area contributed by atoms with Gasteiger partial charge in [-0.3, -0.25) is 4.79 Å². The van der Waals surface area contributed by atoms with Gasteiger partial charge in [0.05, 0.1) is 13.2 Å². The Morgan fingerprint density at radius 2 is 1.88 bits per heavy atom. The monoisotopic (exact) mass is 375 g/mol. The molecule has 0 radical (unpaired) electrons. The maximum atomic E-state index is 12.6. The van der Waals surface area contributed by atoms with Crippen LogP contribution in [0.2, 0.25) is 5.02 Å². The van der Waals surface area contributed by atoms with E-state index in [4.69, 9.17) is 21.1 Å². The highest BCUT2D eigenvalue weighted by Crippen LogP contribution is 2.25. The van der Waals surface area contributed by atoms with Crippen molar-refractivity contribution in [3.05, 3.63) is 58.1 Å². The number of benzene rings is 2. The first-order valence-electron chi connectivity index (χ1n) is 8.73. The average Bonchev–Trinajstić information content (AvgIpc) is 2.62. The topological polar surface area (TPSA) is 47.6 Å². The molecule has 0 heterocycles. The molecule has 26 heavy (non-hydrogen) atoms. The van der Waals surface area contributed by atoms with Gasteiger partial charge in [0, 0.05) is 5.02 Å². The molecule has 140 valence electrons. The Balaban J connectivity index is 2.05. The molecule has 4 nitrogen and oxygen atoms in total. The van der Waals surface area contributed by atoms with Crippen molar-refractivity contribution in [3.63, 3.8) is 0 Å². The van der Waals surface area contributed by atoms with E-state index in [-0.39, 0.29) is 11.9 Å². The zero-order valence-electron chi connectivity index (χ0n) is 15.9. The van der Waals surface area contributed by atoms with Crippen LogP contribution in [-0.2, 0) is 4.79 Å². The van der Waals surface area contributed by atoms with Crippen molar-refractivity contribution < 1.29 is 14.3 Å². The number of nitrogens with one attached hydrogen (secondary N) is 1. The summed E-state index contributed by atoms with van der Waals surface area (Å²) in [6, 6.07) is 11.2. The molecule has 2 rings (SSSR count). The first-order chi connectivity index (χ1) is 12.3. The minimum absolute atomic E-state index is 0.0786. The van der Waals surface area contributed by atoms with Gasteiger partial charge < -0.3 is 14.8 Å². The first-order valence-corrected chi connectivity index (χ1v) is 9.11. The minimum Gasteiger partial charge on any atom is -0.496 e. The number of carbonyl (C=O) groups is 1. The number of aryl methyl sites for hydroxylation is 2. The number of hydrogen-bond acceptors (Lipinski definition) is 3. The van der Waals surface area contributed by atoms with E-state index in [1.807, 2.05) is 45.0 Å². The average molecular weight is 376 g/mol. The van der Waals surface area contributed by atoms with Crippen LogP contribution in [0.5, 0.6) is 11.5 Å². The summed E-state index contributed by atoms with van der Waals surface area (Å²) in [7, 11) is 1.65. The highest BCUT2D eigenvalue weighted by atomic mass is 35.5. The molecular formula is C21H26ClNO3. The van der Waals surface area contributed by atoms with Gasteiger partial charge >= 0.3 is 0 Å². The Morgan fingerprint density at radius 1 is 1.15 bits per heavy atom. The van der Waals surface area contributed by atoms with Crippen LogP contribution in [0, 0.1) is 13.8 Å². The van der Waals surface area contributed by atoms with Crippen LogP contribution >= 0.6 is 11.6 Å². The molecule has 0 bridgehead atoms. The van der Waals surface area contributed by atoms with E-state index >= 15 is 0 Å². The fourth-order valence-electron chi connectivity index (χ4n) is 2.78. The smallest absolute Gasteiger partial charge is 0.261 e. The molecule has 0 spiro atoms. The molecule has 0 fully saturated rings. The lowest BCUT2D eigenvalue weighted by Crippen LogP contribution is -2.38. The molecule has 2 atom stereocenters. The molecule has 0 aliphatic carbocycles. The van der Waals surface area contributed by atoms with Crippen molar-refractivity contribution >= 4 is 17.5 Å². The fourth-order valence-corrected chi connectivity index (χ4v) is 2.89. The number of halogens is 1. The van der Waals surface area contributed by atoms with Crippen LogP contribution in [0.15, 0.2) is 36.4 Å². The quantitative estimate of drug-likeness (QED) is 0.740. The molecule has 5 heteroatoms. The molecule has 0 aliphatic rings. The number of ether oxygens (including phenoxy) is 2. The molecule has 1 amide bonds. The zero-order valence-corrected chi connectivity index (χ0v) is 16.7. The van der Waals surface area contributed by atoms with Gasteiger partial charge in [0.1, 0.15) is 11.5 Å². The Morgan fingerprint density at radius 3 is 2.46 bits per heavy atom. The molecule has 0 aromatic heterocycles. The van der Waals surface area contributed by atoms with Crippen molar-refractivity contribution in [1.29, 1.82) is 0 Å². The molecule has 0 saturated carbocycles. The fraction of sp³-hybridized carbons (Fsp3) is 0.381. The third-order valence-corrected chi connectivity index (χ3v) is 4.78. The lowest BCUT2D eigenvalue weighted by molar-refractivity contribution is -0.128. The van der Waals surface area contributed by atoms with Crippen molar-refractivity contribution in [2.24, 2.45) is 0 Å². The van der Waals surface area contributed by atoms with E-state index in [2.05, 4.69) is 5.32 Å². The summed E-state index contributed by atoms with van der Waals surface area (Å²) in [4.78, 5) is 12.6. The molecule has 0 aliphatic heterocycles. The Hall–Kier alpha value is -2.20. The van der Waals surface area contributed by atoms with Gasteiger partial charge in [0.2, 0.25) is 0 Å². The van der Waals surface area contributed by atoms with E-state index in [1.165, 1.54) is 0 Å². The number of carbonyl (C=O) groups excluding carboxylic acids is 1. The van der Waals surface area contributed by atoms with Gasteiger partial charge in [-0.25, -0.2) is 0 Å². The summed E-state index contributed by atoms with van der Waals surface area (Å²) in [6.45, 7) is 7.67. The highest BCUT2D eigenvalue weighted by Gasteiger charge is 2.20. The predicted octanol–water partition coefficient (Wildman–Crippen LogP) is 5.00. The molecule has 2 aromatic rings. The molecular weight excluding hydrogens is 350 g/mol. The van der Waals surface area contributed by atoms with Gasteiger partial charge in [-0.05, 0) is 68.1 Å². The van der Waals surface area contributed by atoms with Crippen molar-refractivity contribution in [2.45, 2.75) is 46.3 Å². The standard InChI is InChI=1S/C21H26ClNO3/c1-6-19(16-7-10-20(25-5)14(3)11-16)23-21(24)15(4)26-17-8-9-18(22)13(2)12-17/h7-12,15,19H,6H2,1-5H3,(H,23,24)/t15-,19+/m1/s1. The van der Waals surface area contributed by atoms with Gasteiger partial charge in [-0.2, -0.15) is 0 Å². The van der Waals surface area contributed by atoms with Crippen LogP contribution in [0.1, 0.15) is 43.0 Å². The van der Waals surface area contributed by atoms with Gasteiger partial charge in [0.15, 0.2) is 6.10 Å². The van der Waals surface area contributed by atoms with Crippen molar-refractivity contribution in [3.8, 4) is 11.5 Å². The number of hydrogen-bond donors (Lipinski definition) is 1. The van der Waals surface area contributed by atoms with Crippen molar-refractivity contribution in [2.75, 3.05) is 7.11 Å². The Bertz CT molecular complexity index is 776. The molecule has 1 N–H and O–H groups in total. The Labute approximate surface area is 160 Å². The number of methoxy groups -OCH3 is 1. The van der Waals surface area contributed by atoms with Crippen LogP contribution in [-0.4, -0.2) is 19.1 Å². The van der Waals surface area contributed by atoms with Gasteiger partial charge in [-0.15, -0.1) is 0 Å². The van der Waals surface area contributed by atoms with Crippen LogP contribution in [0.3, 0.4) is 0 Å². The second-order valence-electron chi connectivity index (χ2n) is 6.37. The predicted molar refractivity (Wildman–Crippen MR) is 105 cm³/mol. The highest BCUT2D eigenvalue weighted by molar-refractivity contribution is 6.31. The maximum Gasteiger partial charge on any atom is 0.261 e. The van der Waals surface area contributed by atoms with Gasteiger partial charge in [-0.1, -0.05) is 30.7 Å². The first kappa shape index (κ1) is 20.1. The molecule has 2 aromatic carbocycles. The second-order valence-corrected chi connectivity index (χ2v) is 6.78. The van der Waals surface area contributed by atoms with Crippen LogP contribution in [0.25, 0.3) is 0 Å².